The maximum absolute atomic E-state index is 13.9. The summed E-state index contributed by atoms with van der Waals surface area (Å²) in [5, 5.41) is 10.7. The molecule has 0 fully saturated rings. The summed E-state index contributed by atoms with van der Waals surface area (Å²) in [5.41, 5.74) is -1.32. The zero-order valence-corrected chi connectivity index (χ0v) is 14.6. The van der Waals surface area contributed by atoms with Crippen LogP contribution in [0, 0.1) is 11.6 Å². The average Bonchev–Trinajstić information content (AvgIpc) is 2.49. The third-order valence-electron chi connectivity index (χ3n) is 3.07. The number of benzene rings is 2. The number of sulfonamides is 1. The van der Waals surface area contributed by atoms with Crippen LogP contribution in [0.1, 0.15) is 17.3 Å². The summed E-state index contributed by atoms with van der Waals surface area (Å²) in [6, 6.07) is 4.20. The van der Waals surface area contributed by atoms with Crippen LogP contribution in [0.4, 0.5) is 20.2 Å². The first-order valence-corrected chi connectivity index (χ1v) is 8.69. The Labute approximate surface area is 151 Å². The van der Waals surface area contributed by atoms with E-state index in [4.69, 9.17) is 16.7 Å². The lowest BCUT2D eigenvalue weighted by atomic mass is 10.2. The molecule has 138 valence electrons. The highest BCUT2D eigenvalue weighted by Gasteiger charge is 2.24. The molecule has 0 spiro atoms. The third kappa shape index (κ3) is 4.27. The fraction of sp³-hybridized carbons (Fsp3) is 0.0667. The minimum absolute atomic E-state index is 0.119. The van der Waals surface area contributed by atoms with Crippen molar-refractivity contribution in [2.24, 2.45) is 0 Å². The number of hydrogen-bond donors (Lipinski definition) is 3. The molecule has 2 aromatic carbocycles. The van der Waals surface area contributed by atoms with Gasteiger partial charge in [-0.2, -0.15) is 0 Å². The molecule has 0 aliphatic carbocycles. The van der Waals surface area contributed by atoms with Crippen molar-refractivity contribution in [2.45, 2.75) is 11.8 Å². The van der Waals surface area contributed by atoms with Crippen LogP contribution < -0.4 is 10.0 Å². The number of carboxylic acids is 1. The molecule has 1 amide bonds. The Balaban J connectivity index is 2.48. The van der Waals surface area contributed by atoms with Gasteiger partial charge in [-0.25, -0.2) is 22.0 Å². The molecule has 2 aromatic rings. The number of anilines is 2. The van der Waals surface area contributed by atoms with Crippen LogP contribution in [0.3, 0.4) is 0 Å². The first kappa shape index (κ1) is 19.6. The summed E-state index contributed by atoms with van der Waals surface area (Å²) >= 11 is 5.69. The smallest absolute Gasteiger partial charge is 0.338 e. The molecule has 11 heteroatoms. The van der Waals surface area contributed by atoms with E-state index in [2.05, 4.69) is 5.32 Å². The number of amides is 1. The van der Waals surface area contributed by atoms with Crippen molar-refractivity contribution in [3.8, 4) is 0 Å². The second-order valence-electron chi connectivity index (χ2n) is 5.05. The minimum atomic E-state index is -4.55. The maximum Gasteiger partial charge on any atom is 0.338 e. The maximum atomic E-state index is 13.9. The third-order valence-corrected chi connectivity index (χ3v) is 4.90. The Morgan fingerprint density at radius 3 is 2.35 bits per heavy atom. The van der Waals surface area contributed by atoms with Gasteiger partial charge in [-0.3, -0.25) is 9.52 Å². The molecule has 0 aliphatic rings. The van der Waals surface area contributed by atoms with Crippen LogP contribution in [0.2, 0.25) is 5.02 Å². The van der Waals surface area contributed by atoms with Gasteiger partial charge in [0.15, 0.2) is 0 Å². The Kier molecular flexibility index (Phi) is 5.47. The SMILES string of the molecule is CC(=O)Nc1ccc(F)c(NS(=O)(=O)c2cc(C(=O)O)c(F)cc2Cl)c1. The molecule has 7 nitrogen and oxygen atoms in total. The molecular formula is C15H11ClF2N2O5S. The molecule has 26 heavy (non-hydrogen) atoms. The lowest BCUT2D eigenvalue weighted by Crippen LogP contribution is -2.16. The number of rotatable bonds is 5. The molecule has 0 heterocycles. The van der Waals surface area contributed by atoms with Crippen LogP contribution in [0.15, 0.2) is 35.2 Å². The summed E-state index contributed by atoms with van der Waals surface area (Å²) in [7, 11) is -4.55. The van der Waals surface area contributed by atoms with Crippen molar-refractivity contribution in [1.29, 1.82) is 0 Å². The summed E-state index contributed by atoms with van der Waals surface area (Å²) < 4.78 is 54.2. The average molecular weight is 405 g/mol. The quantitative estimate of drug-likeness (QED) is 0.708. The zero-order valence-electron chi connectivity index (χ0n) is 13.0. The number of nitrogens with one attached hydrogen (secondary N) is 2. The molecule has 2 rings (SSSR count). The van der Waals surface area contributed by atoms with Gasteiger partial charge in [0, 0.05) is 12.6 Å². The molecule has 0 aromatic heterocycles. The summed E-state index contributed by atoms with van der Waals surface area (Å²) in [4.78, 5) is 21.3. The Morgan fingerprint density at radius 1 is 1.12 bits per heavy atom. The van der Waals surface area contributed by atoms with E-state index in [1.165, 1.54) is 13.0 Å². The van der Waals surface area contributed by atoms with Gasteiger partial charge in [-0.05, 0) is 30.3 Å². The van der Waals surface area contributed by atoms with Crippen molar-refractivity contribution in [3.05, 3.63) is 52.6 Å². The number of carbonyl (C=O) groups is 2. The van der Waals surface area contributed by atoms with Crippen LogP contribution in [0.25, 0.3) is 0 Å². The van der Waals surface area contributed by atoms with Crippen LogP contribution in [0.5, 0.6) is 0 Å². The predicted octanol–water partition coefficient (Wildman–Crippen LogP) is 3.08. The lowest BCUT2D eigenvalue weighted by Gasteiger charge is -2.12. The number of carbonyl (C=O) groups excluding carboxylic acids is 1. The van der Waals surface area contributed by atoms with Crippen molar-refractivity contribution in [3.63, 3.8) is 0 Å². The Hall–Kier alpha value is -2.72. The summed E-state index contributed by atoms with van der Waals surface area (Å²) in [6.07, 6.45) is 0. The van der Waals surface area contributed by atoms with E-state index < -0.39 is 54.7 Å². The van der Waals surface area contributed by atoms with Gasteiger partial charge >= 0.3 is 5.97 Å². The van der Waals surface area contributed by atoms with Gasteiger partial charge in [-0.1, -0.05) is 11.6 Å². The fourth-order valence-electron chi connectivity index (χ4n) is 1.98. The lowest BCUT2D eigenvalue weighted by molar-refractivity contribution is -0.114. The monoisotopic (exact) mass is 404 g/mol. The molecule has 0 unspecified atom stereocenters. The summed E-state index contributed by atoms with van der Waals surface area (Å²) in [6.45, 7) is 1.21. The molecule has 3 N–H and O–H groups in total. The Bertz CT molecular complexity index is 1010. The number of carboxylic acid groups (broad SMARTS) is 1. The van der Waals surface area contributed by atoms with Crippen molar-refractivity contribution in [1.82, 2.24) is 0 Å². The van der Waals surface area contributed by atoms with Gasteiger partial charge in [-0.15, -0.1) is 0 Å². The van der Waals surface area contributed by atoms with E-state index >= 15 is 0 Å². The van der Waals surface area contributed by atoms with E-state index in [1.54, 1.807) is 0 Å². The van der Waals surface area contributed by atoms with E-state index in [0.717, 1.165) is 12.1 Å². The molecular weight excluding hydrogens is 394 g/mol. The molecule has 0 atom stereocenters. The van der Waals surface area contributed by atoms with Crippen LogP contribution in [-0.4, -0.2) is 25.4 Å². The van der Waals surface area contributed by atoms with E-state index in [-0.39, 0.29) is 5.69 Å². The van der Waals surface area contributed by atoms with Gasteiger partial charge in [0.05, 0.1) is 16.3 Å². The molecule has 0 saturated carbocycles. The standard InChI is InChI=1S/C15H11ClF2N2O5S/c1-7(21)19-8-2-3-11(17)13(4-8)20-26(24,25)14-5-9(15(22)23)12(18)6-10(14)16/h2-6,20H,1H3,(H,19,21)(H,22,23). The topological polar surface area (TPSA) is 113 Å². The van der Waals surface area contributed by atoms with Gasteiger partial charge < -0.3 is 10.4 Å². The van der Waals surface area contributed by atoms with Gasteiger partial charge in [0.1, 0.15) is 16.5 Å². The number of halogens is 3. The largest absolute Gasteiger partial charge is 0.478 e. The Morgan fingerprint density at radius 2 is 1.77 bits per heavy atom. The van der Waals surface area contributed by atoms with Crippen LogP contribution in [-0.2, 0) is 14.8 Å². The van der Waals surface area contributed by atoms with Crippen molar-refractivity contribution >= 4 is 44.9 Å². The van der Waals surface area contributed by atoms with Crippen LogP contribution >= 0.6 is 11.6 Å². The van der Waals surface area contributed by atoms with E-state index in [0.29, 0.717) is 12.1 Å². The zero-order chi connectivity index (χ0) is 19.6. The predicted molar refractivity (Wildman–Crippen MR) is 89.9 cm³/mol. The molecule has 0 radical (unpaired) electrons. The molecule has 0 bridgehead atoms. The highest BCUT2D eigenvalue weighted by Crippen LogP contribution is 2.28. The summed E-state index contributed by atoms with van der Waals surface area (Å²) in [5.74, 6) is -4.34. The van der Waals surface area contributed by atoms with E-state index in [9.17, 15) is 26.8 Å². The highest BCUT2D eigenvalue weighted by molar-refractivity contribution is 7.92. The first-order valence-electron chi connectivity index (χ1n) is 6.83. The minimum Gasteiger partial charge on any atom is -0.478 e. The van der Waals surface area contributed by atoms with Gasteiger partial charge in [0.2, 0.25) is 5.91 Å². The van der Waals surface area contributed by atoms with Gasteiger partial charge in [0.25, 0.3) is 10.0 Å². The van der Waals surface area contributed by atoms with E-state index in [1.807, 2.05) is 4.72 Å². The highest BCUT2D eigenvalue weighted by atomic mass is 35.5. The second-order valence-corrected chi connectivity index (χ2v) is 7.11. The molecule has 0 saturated heterocycles. The first-order chi connectivity index (χ1) is 12.0. The fourth-order valence-corrected chi connectivity index (χ4v) is 3.58. The van der Waals surface area contributed by atoms with Crippen molar-refractivity contribution < 1.29 is 31.9 Å². The number of hydrogen-bond acceptors (Lipinski definition) is 4. The second kappa shape index (κ2) is 7.26. The number of aromatic carboxylic acids is 1. The van der Waals surface area contributed by atoms with Crippen molar-refractivity contribution in [2.75, 3.05) is 10.0 Å². The molecule has 0 aliphatic heterocycles. The normalized spacial score (nSPS) is 11.1.